The molecule has 2 aliphatic heterocycles. The Bertz CT molecular complexity index is 3220. The SMILES string of the molecule is OC[C@H](O)CNc1c(F)c(F)c(-c2c3nc(c(-c4cccc(O)c4)c4ccc([nH]4)c(-c4c(F)c(F)c(NC[C@@H](O)CO)c(F)c4F)c4nc(c(-c5cccc(O)c5)c5ccc2[nH]5)C=C4)C=C3)c(F)c1F. The molecular weight excluding hydrogens is 933 g/mol. The number of anilines is 2. The van der Waals surface area contributed by atoms with E-state index in [4.69, 9.17) is 9.97 Å². The van der Waals surface area contributed by atoms with E-state index in [1.165, 1.54) is 97.1 Å². The fourth-order valence-corrected chi connectivity index (χ4v) is 8.24. The number of fused-ring (bicyclic) bond motifs is 8. The second-order valence-electron chi connectivity index (χ2n) is 16.0. The number of H-pyrrole nitrogens is 2. The largest absolute Gasteiger partial charge is 0.508 e. The van der Waals surface area contributed by atoms with Crippen molar-refractivity contribution in [3.05, 3.63) is 142 Å². The lowest BCUT2D eigenvalue weighted by molar-refractivity contribution is 0.105. The summed E-state index contributed by atoms with van der Waals surface area (Å²) in [5.74, 6) is -15.5. The zero-order valence-corrected chi connectivity index (χ0v) is 35.8. The number of aliphatic hydroxyl groups excluding tert-OH is 4. The molecule has 10 N–H and O–H groups in total. The maximum absolute atomic E-state index is 16.6. The number of phenolic OH excluding ortho intramolecular Hbond substituents is 2. The maximum Gasteiger partial charge on any atom is 0.185 e. The van der Waals surface area contributed by atoms with Crippen LogP contribution in [0.5, 0.6) is 11.5 Å². The van der Waals surface area contributed by atoms with Crippen LogP contribution in [-0.4, -0.2) is 89.1 Å². The monoisotopic (exact) mass is 968 g/mol. The van der Waals surface area contributed by atoms with E-state index in [1.54, 1.807) is 0 Å². The molecule has 358 valence electrons. The molecule has 0 amide bonds. The Hall–Kier alpha value is -8.04. The Labute approximate surface area is 389 Å². The van der Waals surface area contributed by atoms with Crippen molar-refractivity contribution >= 4 is 57.7 Å². The number of aromatic nitrogens is 4. The maximum atomic E-state index is 16.6. The number of aromatic hydroxyl groups is 2. The Morgan fingerprint density at radius 1 is 0.429 bits per heavy atom. The normalized spacial score (nSPS) is 13.0. The minimum atomic E-state index is -1.88. The highest BCUT2D eigenvalue weighted by Crippen LogP contribution is 2.44. The van der Waals surface area contributed by atoms with Gasteiger partial charge in [0, 0.05) is 57.4 Å². The number of nitrogens with one attached hydrogen (secondary N) is 4. The first kappa shape index (κ1) is 47.0. The van der Waals surface area contributed by atoms with E-state index >= 15 is 35.1 Å². The van der Waals surface area contributed by atoms with Gasteiger partial charge in [0.15, 0.2) is 46.5 Å². The highest BCUT2D eigenvalue weighted by Gasteiger charge is 2.32. The summed E-state index contributed by atoms with van der Waals surface area (Å²) in [5.41, 5.74) is -6.11. The smallest absolute Gasteiger partial charge is 0.185 e. The van der Waals surface area contributed by atoms with Crippen LogP contribution in [0, 0.1) is 46.5 Å². The van der Waals surface area contributed by atoms with Crippen LogP contribution in [0.2, 0.25) is 0 Å². The molecule has 70 heavy (non-hydrogen) atoms. The number of aromatic amines is 2. The minimum Gasteiger partial charge on any atom is -0.508 e. The lowest BCUT2D eigenvalue weighted by atomic mass is 10.0. The standard InChI is InChI=1S/C50H36F8N6O6/c51-41-39(42(52)46(56)49(45(41)55)59-17-25(69)19-65)37-31-11-7-27(61-31)35(21-3-1-5-23(67)15-21)28-8-12-32(62-28)38(40-43(53)47(57)50(48(58)44(40)54)60-18-26(70)20-66)34-14-10-30(64-34)36(29-9-13-33(37)63-29)22-4-2-6-24(68)16-22/h1-16,25-26,59-61,64-70H,17-20H2/t25-,26-/m1/s1. The molecule has 2 aliphatic rings. The molecule has 5 heterocycles. The third-order valence-electron chi connectivity index (χ3n) is 11.5. The van der Waals surface area contributed by atoms with Gasteiger partial charge in [0.05, 0.1) is 59.3 Å². The van der Waals surface area contributed by atoms with Crippen LogP contribution in [0.4, 0.5) is 46.5 Å². The summed E-state index contributed by atoms with van der Waals surface area (Å²) in [5, 5.41) is 63.5. The summed E-state index contributed by atoms with van der Waals surface area (Å²) in [6.07, 6.45) is 2.19. The van der Waals surface area contributed by atoms with Gasteiger partial charge in [-0.3, -0.25) is 0 Å². The fraction of sp³-hybridized carbons (Fsp3) is 0.120. The van der Waals surface area contributed by atoms with Gasteiger partial charge < -0.3 is 51.2 Å². The fourth-order valence-electron chi connectivity index (χ4n) is 8.24. The predicted octanol–water partition coefficient (Wildman–Crippen LogP) is 9.38. The second-order valence-corrected chi connectivity index (χ2v) is 16.0. The van der Waals surface area contributed by atoms with Gasteiger partial charge in [0.25, 0.3) is 0 Å². The summed E-state index contributed by atoms with van der Waals surface area (Å²) in [7, 11) is 0. The van der Waals surface area contributed by atoms with Crippen molar-refractivity contribution < 1.29 is 65.8 Å². The molecule has 3 aromatic heterocycles. The van der Waals surface area contributed by atoms with E-state index in [2.05, 4.69) is 20.6 Å². The molecular formula is C50H36F8N6O6. The summed E-state index contributed by atoms with van der Waals surface area (Å²) in [6.45, 7) is -3.06. The molecule has 12 nitrogen and oxygen atoms in total. The summed E-state index contributed by atoms with van der Waals surface area (Å²) in [4.78, 5) is 15.4. The van der Waals surface area contributed by atoms with Crippen LogP contribution in [0.3, 0.4) is 0 Å². The van der Waals surface area contributed by atoms with Crippen molar-refractivity contribution in [1.29, 1.82) is 0 Å². The van der Waals surface area contributed by atoms with Crippen molar-refractivity contribution in [2.24, 2.45) is 0 Å². The molecule has 0 unspecified atom stereocenters. The Kier molecular flexibility index (Phi) is 12.6. The summed E-state index contributed by atoms with van der Waals surface area (Å²) >= 11 is 0. The van der Waals surface area contributed by atoms with Crippen LogP contribution >= 0.6 is 0 Å². The highest BCUT2D eigenvalue weighted by molar-refractivity contribution is 6.00. The lowest BCUT2D eigenvalue weighted by Crippen LogP contribution is -2.24. The van der Waals surface area contributed by atoms with E-state index in [0.29, 0.717) is 0 Å². The predicted molar refractivity (Wildman–Crippen MR) is 247 cm³/mol. The lowest BCUT2D eigenvalue weighted by Gasteiger charge is -2.16. The highest BCUT2D eigenvalue weighted by atomic mass is 19.2. The van der Waals surface area contributed by atoms with E-state index < -0.39 is 119 Å². The van der Waals surface area contributed by atoms with Gasteiger partial charge in [-0.05, 0) is 84.0 Å². The van der Waals surface area contributed by atoms with E-state index in [1.807, 2.05) is 0 Å². The molecule has 20 heteroatoms. The van der Waals surface area contributed by atoms with E-state index in [0.717, 1.165) is 0 Å². The number of rotatable bonds is 12. The molecule has 2 atom stereocenters. The number of hydrogen-bond donors (Lipinski definition) is 10. The van der Waals surface area contributed by atoms with Crippen LogP contribution in [0.15, 0.2) is 72.8 Å². The quantitative estimate of drug-likeness (QED) is 0.0415. The van der Waals surface area contributed by atoms with Gasteiger partial charge in [-0.15, -0.1) is 0 Å². The first-order valence-corrected chi connectivity index (χ1v) is 21.1. The minimum absolute atomic E-state index is 0.0133. The number of aliphatic hydroxyl groups is 4. The van der Waals surface area contributed by atoms with Gasteiger partial charge >= 0.3 is 0 Å². The molecule has 0 saturated carbocycles. The van der Waals surface area contributed by atoms with Crippen molar-refractivity contribution in [2.75, 3.05) is 36.9 Å². The first-order valence-electron chi connectivity index (χ1n) is 21.1. The third-order valence-corrected chi connectivity index (χ3v) is 11.5. The molecule has 0 fully saturated rings. The van der Waals surface area contributed by atoms with Gasteiger partial charge in [0.2, 0.25) is 0 Å². The van der Waals surface area contributed by atoms with Crippen LogP contribution < -0.4 is 10.6 Å². The molecule has 8 bridgehead atoms. The molecule has 7 aromatic rings. The number of phenols is 2. The zero-order valence-electron chi connectivity index (χ0n) is 35.8. The molecule has 0 saturated heterocycles. The topological polar surface area (TPSA) is 203 Å². The first-order chi connectivity index (χ1) is 33.6. The molecule has 0 aliphatic carbocycles. The Morgan fingerprint density at radius 2 is 0.743 bits per heavy atom. The van der Waals surface area contributed by atoms with Crippen molar-refractivity contribution in [1.82, 2.24) is 19.9 Å². The average molecular weight is 969 g/mol. The van der Waals surface area contributed by atoms with Crippen molar-refractivity contribution in [2.45, 2.75) is 12.2 Å². The van der Waals surface area contributed by atoms with E-state index in [9.17, 15) is 30.6 Å². The molecule has 0 spiro atoms. The van der Waals surface area contributed by atoms with E-state index in [-0.39, 0.29) is 78.6 Å². The second kappa shape index (κ2) is 18.8. The zero-order chi connectivity index (χ0) is 49.7. The average Bonchev–Trinajstić information content (AvgIpc) is 4.20. The van der Waals surface area contributed by atoms with Gasteiger partial charge in [-0.1, -0.05) is 24.3 Å². The molecule has 4 aromatic carbocycles. The van der Waals surface area contributed by atoms with Crippen molar-refractivity contribution in [3.8, 4) is 56.0 Å². The summed E-state index contributed by atoms with van der Waals surface area (Å²) in [6, 6.07) is 16.7. The number of hydrogen-bond acceptors (Lipinski definition) is 10. The molecule has 9 rings (SSSR count). The van der Waals surface area contributed by atoms with Gasteiger partial charge in [-0.25, -0.2) is 45.1 Å². The number of benzene rings is 4. The number of nitrogens with zero attached hydrogens (tertiary/aromatic N) is 2. The third kappa shape index (κ3) is 8.35. The number of halogens is 8. The summed E-state index contributed by atoms with van der Waals surface area (Å²) < 4.78 is 130. The van der Waals surface area contributed by atoms with Crippen LogP contribution in [0.1, 0.15) is 22.8 Å². The van der Waals surface area contributed by atoms with Crippen LogP contribution in [-0.2, 0) is 0 Å². The Balaban J connectivity index is 1.44. The van der Waals surface area contributed by atoms with Crippen LogP contribution in [0.25, 0.3) is 90.9 Å². The molecule has 0 radical (unpaired) electrons. The van der Waals surface area contributed by atoms with Gasteiger partial charge in [0.1, 0.15) is 22.9 Å². The Morgan fingerprint density at radius 3 is 1.06 bits per heavy atom. The van der Waals surface area contributed by atoms with Crippen molar-refractivity contribution in [3.63, 3.8) is 0 Å². The van der Waals surface area contributed by atoms with Gasteiger partial charge in [-0.2, -0.15) is 0 Å².